The van der Waals surface area contributed by atoms with E-state index in [2.05, 4.69) is 9.97 Å². The van der Waals surface area contributed by atoms with Crippen LogP contribution < -0.4 is 15.0 Å². The molecule has 0 radical (unpaired) electrons. The van der Waals surface area contributed by atoms with Crippen molar-refractivity contribution in [2.45, 2.75) is 6.10 Å². The van der Waals surface area contributed by atoms with Gasteiger partial charge in [0.2, 0.25) is 5.88 Å². The molecule has 0 saturated heterocycles. The molecule has 1 heterocycles. The van der Waals surface area contributed by atoms with E-state index in [-0.39, 0.29) is 12.4 Å². The Morgan fingerprint density at radius 1 is 1.36 bits per heavy atom. The second kappa shape index (κ2) is 7.15. The molecule has 1 unspecified atom stereocenters. The largest absolute Gasteiger partial charge is 0.497 e. The summed E-state index contributed by atoms with van der Waals surface area (Å²) in [6.07, 6.45) is -0.755. The van der Waals surface area contributed by atoms with E-state index >= 15 is 0 Å². The van der Waals surface area contributed by atoms with E-state index in [0.29, 0.717) is 16.5 Å². The number of H-pyrrole nitrogens is 1. The van der Waals surface area contributed by atoms with Crippen LogP contribution in [0, 0.1) is 0 Å². The molecule has 0 aliphatic rings. The van der Waals surface area contributed by atoms with Crippen molar-refractivity contribution in [1.82, 2.24) is 9.97 Å². The first-order valence-corrected chi connectivity index (χ1v) is 6.70. The van der Waals surface area contributed by atoms with Crippen molar-refractivity contribution in [3.8, 4) is 17.4 Å². The maximum Gasteiger partial charge on any atom is 0.254 e. The number of ether oxygens (including phenoxy) is 3. The summed E-state index contributed by atoms with van der Waals surface area (Å²) in [7, 11) is 3.00. The van der Waals surface area contributed by atoms with Crippen LogP contribution in [0.4, 0.5) is 0 Å². The minimum Gasteiger partial charge on any atom is -0.497 e. The van der Waals surface area contributed by atoms with E-state index in [4.69, 9.17) is 25.8 Å². The van der Waals surface area contributed by atoms with Crippen LogP contribution in [-0.2, 0) is 4.74 Å². The second-order valence-electron chi connectivity index (χ2n) is 4.35. The molecule has 0 fully saturated rings. The number of hydrogen-bond acceptors (Lipinski definition) is 6. The Balaban J connectivity index is 2.34. The van der Waals surface area contributed by atoms with E-state index in [9.17, 15) is 9.90 Å². The molecule has 2 rings (SSSR count). The normalized spacial score (nSPS) is 12.0. The molecule has 0 aliphatic heterocycles. The summed E-state index contributed by atoms with van der Waals surface area (Å²) in [6.45, 7) is 0.0972. The zero-order valence-corrected chi connectivity index (χ0v) is 12.8. The molecular formula is C14H15ClN2O5. The maximum absolute atomic E-state index is 11.4. The highest BCUT2D eigenvalue weighted by Gasteiger charge is 2.19. The Bertz CT molecular complexity index is 704. The summed E-state index contributed by atoms with van der Waals surface area (Å²) in [5, 5.41) is 9.81. The Morgan fingerprint density at radius 2 is 2.14 bits per heavy atom. The number of aromatic amines is 1. The molecule has 0 aliphatic carbocycles. The van der Waals surface area contributed by atoms with Gasteiger partial charge in [-0.25, -0.2) is 0 Å². The highest BCUT2D eigenvalue weighted by Crippen LogP contribution is 2.32. The van der Waals surface area contributed by atoms with E-state index < -0.39 is 17.5 Å². The average molecular weight is 327 g/mol. The lowest BCUT2D eigenvalue weighted by Crippen LogP contribution is -2.20. The van der Waals surface area contributed by atoms with Gasteiger partial charge >= 0.3 is 0 Å². The number of aromatic hydroxyl groups is 1. The van der Waals surface area contributed by atoms with Crippen molar-refractivity contribution in [2.75, 3.05) is 20.8 Å². The molecule has 1 atom stereocenters. The maximum atomic E-state index is 11.4. The van der Waals surface area contributed by atoms with Crippen LogP contribution in [0.1, 0.15) is 11.9 Å². The minimum atomic E-state index is -0.755. The topological polar surface area (TPSA) is 93.7 Å². The van der Waals surface area contributed by atoms with Crippen LogP contribution in [0.5, 0.6) is 17.4 Å². The molecule has 0 saturated carbocycles. The number of nitrogens with one attached hydrogen (secondary N) is 1. The van der Waals surface area contributed by atoms with Gasteiger partial charge in [0, 0.05) is 13.2 Å². The number of aromatic nitrogens is 2. The standard InChI is InChI=1S/C14H15ClN2O5/c1-20-7-11(14-16-12(18)6-13(19)17-14)22-10-5-8(21-2)3-4-9(10)15/h3-6,11H,7H2,1-2H3,(H2,16,17,18,19). The first kappa shape index (κ1) is 16.1. The smallest absolute Gasteiger partial charge is 0.254 e. The number of rotatable bonds is 6. The summed E-state index contributed by atoms with van der Waals surface area (Å²) in [5.74, 6) is 0.632. The highest BCUT2D eigenvalue weighted by atomic mass is 35.5. The molecule has 1 aromatic heterocycles. The highest BCUT2D eigenvalue weighted by molar-refractivity contribution is 6.32. The summed E-state index contributed by atoms with van der Waals surface area (Å²) >= 11 is 6.08. The van der Waals surface area contributed by atoms with E-state index in [1.165, 1.54) is 14.2 Å². The van der Waals surface area contributed by atoms with Crippen molar-refractivity contribution in [1.29, 1.82) is 0 Å². The van der Waals surface area contributed by atoms with E-state index in [0.717, 1.165) is 6.07 Å². The fraction of sp³-hybridized carbons (Fsp3) is 0.286. The summed E-state index contributed by atoms with van der Waals surface area (Å²) in [5.41, 5.74) is -0.496. The van der Waals surface area contributed by atoms with Crippen LogP contribution in [-0.4, -0.2) is 35.9 Å². The molecule has 1 aromatic carbocycles. The number of methoxy groups -OCH3 is 2. The molecule has 118 valence electrons. The third-order valence-electron chi connectivity index (χ3n) is 2.78. The fourth-order valence-corrected chi connectivity index (χ4v) is 1.95. The van der Waals surface area contributed by atoms with Gasteiger partial charge in [0.1, 0.15) is 11.5 Å². The average Bonchev–Trinajstić information content (AvgIpc) is 2.48. The van der Waals surface area contributed by atoms with Gasteiger partial charge < -0.3 is 24.3 Å². The Kier molecular flexibility index (Phi) is 5.24. The van der Waals surface area contributed by atoms with Crippen LogP contribution >= 0.6 is 11.6 Å². The minimum absolute atomic E-state index is 0.0972. The Labute approximate surface area is 131 Å². The molecular weight excluding hydrogens is 312 g/mol. The lowest BCUT2D eigenvalue weighted by molar-refractivity contribution is 0.0750. The van der Waals surface area contributed by atoms with Gasteiger partial charge in [0.25, 0.3) is 5.56 Å². The van der Waals surface area contributed by atoms with Gasteiger partial charge in [-0.15, -0.1) is 0 Å². The quantitative estimate of drug-likeness (QED) is 0.842. The SMILES string of the molecule is COCC(Oc1cc(OC)ccc1Cl)c1nc(O)cc(=O)[nH]1. The van der Waals surface area contributed by atoms with Crippen molar-refractivity contribution in [2.24, 2.45) is 0 Å². The van der Waals surface area contributed by atoms with Gasteiger partial charge in [-0.05, 0) is 12.1 Å². The molecule has 0 bridgehead atoms. The van der Waals surface area contributed by atoms with Gasteiger partial charge in [-0.2, -0.15) is 4.98 Å². The number of halogens is 1. The lowest BCUT2D eigenvalue weighted by atomic mass is 10.3. The summed E-state index contributed by atoms with van der Waals surface area (Å²) < 4.78 is 15.9. The van der Waals surface area contributed by atoms with Gasteiger partial charge in [-0.1, -0.05) is 11.6 Å². The third-order valence-corrected chi connectivity index (χ3v) is 3.09. The number of nitrogens with zero attached hydrogens (tertiary/aromatic N) is 1. The third kappa shape index (κ3) is 3.90. The first-order valence-electron chi connectivity index (χ1n) is 6.33. The van der Waals surface area contributed by atoms with E-state index in [1.807, 2.05) is 0 Å². The van der Waals surface area contributed by atoms with Crippen molar-refractivity contribution in [3.63, 3.8) is 0 Å². The molecule has 2 aromatic rings. The second-order valence-corrected chi connectivity index (χ2v) is 4.75. The lowest BCUT2D eigenvalue weighted by Gasteiger charge is -2.18. The Hall–Kier alpha value is -2.25. The van der Waals surface area contributed by atoms with Crippen molar-refractivity contribution >= 4 is 11.6 Å². The zero-order valence-electron chi connectivity index (χ0n) is 12.0. The van der Waals surface area contributed by atoms with Crippen molar-refractivity contribution < 1.29 is 19.3 Å². The Morgan fingerprint density at radius 3 is 2.77 bits per heavy atom. The van der Waals surface area contributed by atoms with Crippen LogP contribution in [0.2, 0.25) is 5.02 Å². The predicted molar refractivity (Wildman–Crippen MR) is 79.8 cm³/mol. The van der Waals surface area contributed by atoms with Crippen LogP contribution in [0.25, 0.3) is 0 Å². The monoisotopic (exact) mass is 326 g/mol. The number of benzene rings is 1. The van der Waals surface area contributed by atoms with Crippen LogP contribution in [0.15, 0.2) is 29.1 Å². The summed E-state index contributed by atoms with van der Waals surface area (Å²) in [4.78, 5) is 17.8. The fourth-order valence-electron chi connectivity index (χ4n) is 1.79. The number of hydrogen-bond donors (Lipinski definition) is 2. The van der Waals surface area contributed by atoms with E-state index in [1.54, 1.807) is 18.2 Å². The van der Waals surface area contributed by atoms with Gasteiger partial charge in [0.05, 0.1) is 24.8 Å². The molecule has 7 nitrogen and oxygen atoms in total. The summed E-state index contributed by atoms with van der Waals surface area (Å²) in [6, 6.07) is 5.88. The molecule has 22 heavy (non-hydrogen) atoms. The van der Waals surface area contributed by atoms with Gasteiger partial charge in [0.15, 0.2) is 11.9 Å². The van der Waals surface area contributed by atoms with Gasteiger partial charge in [-0.3, -0.25) is 4.79 Å². The predicted octanol–water partition coefficient (Wildman–Crippen LogP) is 1.90. The molecule has 2 N–H and O–H groups in total. The first-order chi connectivity index (χ1) is 10.5. The molecule has 0 spiro atoms. The van der Waals surface area contributed by atoms with Crippen LogP contribution in [0.3, 0.4) is 0 Å². The zero-order chi connectivity index (χ0) is 16.1. The molecule has 0 amide bonds. The molecule has 8 heteroatoms. The van der Waals surface area contributed by atoms with Crippen molar-refractivity contribution in [3.05, 3.63) is 45.5 Å².